The fraction of sp³-hybridized carbons (Fsp3) is 0.333. The monoisotopic (exact) mass is 410 g/mol. The highest BCUT2D eigenvalue weighted by molar-refractivity contribution is 8.29. The van der Waals surface area contributed by atoms with Crippen LogP contribution in [0.15, 0.2) is 51.3 Å². The Morgan fingerprint density at radius 1 is 1.25 bits per heavy atom. The minimum Gasteiger partial charge on any atom is -0.399 e. The van der Waals surface area contributed by atoms with Crippen molar-refractivity contribution < 1.29 is 4.74 Å². The zero-order chi connectivity index (χ0) is 18.7. The molecule has 5 heterocycles. The number of benzene rings is 1. The van der Waals surface area contributed by atoms with Crippen LogP contribution >= 0.6 is 22.2 Å². The second kappa shape index (κ2) is 6.29. The number of anilines is 1. The van der Waals surface area contributed by atoms with Crippen molar-refractivity contribution in [1.82, 2.24) is 10.3 Å². The summed E-state index contributed by atoms with van der Waals surface area (Å²) in [6.07, 6.45) is 4.22. The number of ether oxygens (including phenoxy) is 1. The molecule has 0 bridgehead atoms. The molecule has 3 aromatic rings. The van der Waals surface area contributed by atoms with Crippen LogP contribution in [0.2, 0.25) is 0 Å². The summed E-state index contributed by atoms with van der Waals surface area (Å²) in [6, 6.07) is 10.7. The summed E-state index contributed by atoms with van der Waals surface area (Å²) in [4.78, 5) is 14.6. The fourth-order valence-corrected chi connectivity index (χ4v) is 8.19. The molecule has 0 radical (unpaired) electrons. The third-order valence-corrected chi connectivity index (χ3v) is 9.54. The summed E-state index contributed by atoms with van der Waals surface area (Å²) in [6.45, 7) is 2.75. The van der Waals surface area contributed by atoms with E-state index in [2.05, 4.69) is 34.1 Å². The van der Waals surface area contributed by atoms with E-state index in [9.17, 15) is 0 Å². The lowest BCUT2D eigenvalue weighted by atomic mass is 9.84. The molecular formula is C21H22N4OS2. The van der Waals surface area contributed by atoms with Crippen LogP contribution in [0, 0.1) is 0 Å². The summed E-state index contributed by atoms with van der Waals surface area (Å²) >= 11 is 1.85. The summed E-state index contributed by atoms with van der Waals surface area (Å²) in [5.74, 6) is 0.513. The Balaban J connectivity index is 1.44. The van der Waals surface area contributed by atoms with E-state index in [1.165, 1.54) is 26.5 Å². The highest BCUT2D eigenvalue weighted by atomic mass is 32.2. The molecule has 0 amide bonds. The molecule has 6 rings (SSSR count). The number of pyridine rings is 1. The zero-order valence-electron chi connectivity index (χ0n) is 15.4. The molecule has 2 saturated heterocycles. The van der Waals surface area contributed by atoms with E-state index in [4.69, 9.17) is 15.5 Å². The maximum atomic E-state index is 5.94. The Morgan fingerprint density at radius 2 is 2.21 bits per heavy atom. The van der Waals surface area contributed by atoms with Crippen LogP contribution < -0.4 is 11.1 Å². The SMILES string of the molecule is Nc1ccc2c(c1)N=C[SH]2c1ccnc2sc(C3CCNC34CCOC4)cc12. The lowest BCUT2D eigenvalue weighted by molar-refractivity contribution is 0.168. The van der Waals surface area contributed by atoms with Gasteiger partial charge in [-0.25, -0.2) is 9.98 Å². The topological polar surface area (TPSA) is 72.5 Å². The summed E-state index contributed by atoms with van der Waals surface area (Å²) in [5.41, 5.74) is 9.94. The smallest absolute Gasteiger partial charge is 0.124 e. The molecule has 2 aromatic heterocycles. The molecule has 1 spiro atoms. The molecule has 0 saturated carbocycles. The Bertz CT molecular complexity index is 1100. The number of nitrogen functional groups attached to an aromatic ring is 1. The normalized spacial score (nSPS) is 29.9. The molecule has 0 aliphatic carbocycles. The van der Waals surface area contributed by atoms with E-state index < -0.39 is 10.9 Å². The quantitative estimate of drug-likeness (QED) is 0.437. The Labute approximate surface area is 170 Å². The standard InChI is InChI=1S/C21H22N4OS2/c22-13-1-2-19-16(9-13)24-12-28(19)18-4-6-23-20-14(18)10-17(27-20)15-3-7-25-21(15)5-8-26-11-21/h1-2,4,6,9-10,12,15,25,28H,3,5,7-8,11,22H2. The second-order valence-electron chi connectivity index (χ2n) is 7.79. The summed E-state index contributed by atoms with van der Waals surface area (Å²) < 4.78 is 5.76. The van der Waals surface area contributed by atoms with Crippen molar-refractivity contribution in [1.29, 1.82) is 0 Å². The van der Waals surface area contributed by atoms with E-state index in [0.717, 1.165) is 42.4 Å². The second-order valence-corrected chi connectivity index (χ2v) is 10.8. The molecular weight excluding hydrogens is 388 g/mol. The molecule has 3 aliphatic rings. The van der Waals surface area contributed by atoms with Crippen molar-refractivity contribution in [2.45, 2.75) is 34.1 Å². The van der Waals surface area contributed by atoms with Gasteiger partial charge in [0.2, 0.25) is 0 Å². The molecule has 1 aromatic carbocycles. The Hall–Kier alpha value is -1.93. The van der Waals surface area contributed by atoms with Crippen LogP contribution in [0.3, 0.4) is 0 Å². The fourth-order valence-electron chi connectivity index (χ4n) is 4.82. The van der Waals surface area contributed by atoms with Crippen LogP contribution in [0.25, 0.3) is 10.2 Å². The number of hydrogen-bond acceptors (Lipinski definition) is 6. The minimum absolute atomic E-state index is 0.116. The predicted molar refractivity (Wildman–Crippen MR) is 118 cm³/mol. The van der Waals surface area contributed by atoms with Crippen molar-refractivity contribution in [2.24, 2.45) is 4.99 Å². The molecule has 3 atom stereocenters. The number of rotatable bonds is 2. The van der Waals surface area contributed by atoms with Gasteiger partial charge in [0.25, 0.3) is 0 Å². The average Bonchev–Trinajstić information content (AvgIpc) is 3.48. The van der Waals surface area contributed by atoms with Crippen LogP contribution in [0.1, 0.15) is 23.6 Å². The van der Waals surface area contributed by atoms with E-state index in [1.807, 2.05) is 29.7 Å². The van der Waals surface area contributed by atoms with Gasteiger partial charge in [0, 0.05) is 50.0 Å². The highest BCUT2D eigenvalue weighted by Crippen LogP contribution is 2.55. The van der Waals surface area contributed by atoms with Crippen molar-refractivity contribution in [3.05, 3.63) is 41.4 Å². The van der Waals surface area contributed by atoms with Crippen LogP contribution in [0.4, 0.5) is 11.4 Å². The number of nitrogens with two attached hydrogens (primary N) is 1. The van der Waals surface area contributed by atoms with Crippen molar-refractivity contribution in [2.75, 3.05) is 25.5 Å². The van der Waals surface area contributed by atoms with Gasteiger partial charge in [-0.1, -0.05) is 0 Å². The van der Waals surface area contributed by atoms with E-state index in [-0.39, 0.29) is 5.54 Å². The molecule has 3 unspecified atom stereocenters. The summed E-state index contributed by atoms with van der Waals surface area (Å²) in [7, 11) is -0.607. The number of fused-ring (bicyclic) bond motifs is 2. The van der Waals surface area contributed by atoms with Gasteiger partial charge in [0.1, 0.15) is 4.83 Å². The maximum absolute atomic E-state index is 5.94. The van der Waals surface area contributed by atoms with E-state index >= 15 is 0 Å². The number of aromatic nitrogens is 1. The number of hydrogen-bond donors (Lipinski definition) is 3. The van der Waals surface area contributed by atoms with Gasteiger partial charge in [-0.3, -0.25) is 0 Å². The molecule has 7 heteroatoms. The Morgan fingerprint density at radius 3 is 3.11 bits per heavy atom. The first-order valence-electron chi connectivity index (χ1n) is 9.68. The van der Waals surface area contributed by atoms with Gasteiger partial charge in [0.15, 0.2) is 0 Å². The molecule has 28 heavy (non-hydrogen) atoms. The average molecular weight is 411 g/mol. The lowest BCUT2D eigenvalue weighted by Gasteiger charge is -2.28. The third kappa shape index (κ3) is 2.47. The first-order chi connectivity index (χ1) is 13.7. The first-order valence-corrected chi connectivity index (χ1v) is 11.9. The van der Waals surface area contributed by atoms with Crippen molar-refractivity contribution in [3.63, 3.8) is 0 Å². The molecule has 2 fully saturated rings. The minimum atomic E-state index is -0.607. The lowest BCUT2D eigenvalue weighted by Crippen LogP contribution is -2.44. The number of thiol groups is 1. The van der Waals surface area contributed by atoms with E-state index in [1.54, 1.807) is 0 Å². The molecule has 3 aliphatic heterocycles. The number of aliphatic imine (C=N–C) groups is 1. The molecule has 144 valence electrons. The number of thiophene rings is 1. The van der Waals surface area contributed by atoms with Crippen molar-refractivity contribution in [3.8, 4) is 0 Å². The molecule has 3 N–H and O–H groups in total. The largest absolute Gasteiger partial charge is 0.399 e. The van der Waals surface area contributed by atoms with Crippen molar-refractivity contribution >= 4 is 49.4 Å². The van der Waals surface area contributed by atoms with Crippen LogP contribution in [0.5, 0.6) is 0 Å². The Kier molecular flexibility index (Phi) is 3.81. The summed E-state index contributed by atoms with van der Waals surface area (Å²) in [5, 5.41) is 5.03. The first kappa shape index (κ1) is 17.0. The van der Waals surface area contributed by atoms with Gasteiger partial charge >= 0.3 is 0 Å². The van der Waals surface area contributed by atoms with Gasteiger partial charge in [-0.15, -0.1) is 11.3 Å². The van der Waals surface area contributed by atoms with E-state index in [0.29, 0.717) is 5.92 Å². The van der Waals surface area contributed by atoms with Crippen LogP contribution in [-0.4, -0.2) is 35.8 Å². The zero-order valence-corrected chi connectivity index (χ0v) is 17.1. The highest BCUT2D eigenvalue weighted by Gasteiger charge is 2.46. The van der Waals surface area contributed by atoms with Gasteiger partial charge < -0.3 is 15.8 Å². The van der Waals surface area contributed by atoms with Crippen LogP contribution in [-0.2, 0) is 4.74 Å². The third-order valence-electron chi connectivity index (χ3n) is 6.24. The maximum Gasteiger partial charge on any atom is 0.124 e. The number of nitrogens with one attached hydrogen (secondary N) is 1. The van der Waals surface area contributed by atoms with Gasteiger partial charge in [-0.2, -0.15) is 10.9 Å². The predicted octanol–water partition coefficient (Wildman–Crippen LogP) is 4.21. The number of nitrogens with zero attached hydrogens (tertiary/aromatic N) is 2. The van der Waals surface area contributed by atoms with Gasteiger partial charge in [0.05, 0.1) is 17.8 Å². The molecule has 5 nitrogen and oxygen atoms in total. The van der Waals surface area contributed by atoms with Gasteiger partial charge in [-0.05, 0) is 49.7 Å².